The SMILES string of the molecule is C[C@H]1C[C@@H]1C(=O)N1CCc2nc(N3CCCC3)nc(Oc3ccc(F)cc3)c2C1. The Morgan fingerprint density at radius 3 is 2.55 bits per heavy atom. The molecule has 2 aliphatic heterocycles. The summed E-state index contributed by atoms with van der Waals surface area (Å²) in [7, 11) is 0. The van der Waals surface area contributed by atoms with Crippen LogP contribution < -0.4 is 9.64 Å². The standard InChI is InChI=1S/C22H25FN4O2/c1-14-12-17(14)21(28)27-11-8-19-18(13-27)20(29-16-6-4-15(23)5-7-16)25-22(24-19)26-9-2-3-10-26/h4-7,14,17H,2-3,8-13H2,1H3/t14-,17-/m0/s1. The zero-order valence-corrected chi connectivity index (χ0v) is 16.6. The molecular formula is C22H25FN4O2. The summed E-state index contributed by atoms with van der Waals surface area (Å²) in [5, 5.41) is 0. The first-order chi connectivity index (χ1) is 14.1. The van der Waals surface area contributed by atoms with Gasteiger partial charge in [-0.2, -0.15) is 4.98 Å². The van der Waals surface area contributed by atoms with E-state index in [-0.39, 0.29) is 17.6 Å². The molecule has 5 rings (SSSR count). The number of halogens is 1. The van der Waals surface area contributed by atoms with Gasteiger partial charge in [-0.3, -0.25) is 4.79 Å². The third kappa shape index (κ3) is 3.66. The summed E-state index contributed by atoms with van der Waals surface area (Å²) in [5.74, 6) is 2.24. The molecule has 1 aromatic carbocycles. The second kappa shape index (κ2) is 7.28. The minimum Gasteiger partial charge on any atom is -0.438 e. The maximum Gasteiger partial charge on any atom is 0.229 e. The molecular weight excluding hydrogens is 371 g/mol. The van der Waals surface area contributed by atoms with E-state index in [2.05, 4.69) is 11.8 Å². The van der Waals surface area contributed by atoms with Gasteiger partial charge in [0.15, 0.2) is 0 Å². The fourth-order valence-corrected chi connectivity index (χ4v) is 4.22. The molecule has 3 aliphatic rings. The molecule has 1 saturated carbocycles. The van der Waals surface area contributed by atoms with E-state index in [0.29, 0.717) is 43.0 Å². The van der Waals surface area contributed by atoms with Crippen molar-refractivity contribution in [3.63, 3.8) is 0 Å². The monoisotopic (exact) mass is 396 g/mol. The molecule has 2 atom stereocenters. The van der Waals surface area contributed by atoms with Crippen molar-refractivity contribution < 1.29 is 13.9 Å². The highest BCUT2D eigenvalue weighted by Crippen LogP contribution is 2.41. The van der Waals surface area contributed by atoms with Crippen molar-refractivity contribution in [1.29, 1.82) is 0 Å². The summed E-state index contributed by atoms with van der Waals surface area (Å²) < 4.78 is 19.4. The van der Waals surface area contributed by atoms with E-state index in [1.807, 2.05) is 4.90 Å². The van der Waals surface area contributed by atoms with Crippen LogP contribution in [0.25, 0.3) is 0 Å². The number of anilines is 1. The Bertz CT molecular complexity index is 927. The van der Waals surface area contributed by atoms with Gasteiger partial charge in [0.25, 0.3) is 0 Å². The average Bonchev–Trinajstić information content (AvgIpc) is 3.22. The van der Waals surface area contributed by atoms with Crippen molar-refractivity contribution in [2.75, 3.05) is 24.5 Å². The molecule has 0 radical (unpaired) electrons. The Morgan fingerprint density at radius 1 is 1.14 bits per heavy atom. The van der Waals surface area contributed by atoms with Gasteiger partial charge >= 0.3 is 0 Å². The Hall–Kier alpha value is -2.70. The Labute approximate surface area is 169 Å². The molecule has 0 spiro atoms. The molecule has 0 bridgehead atoms. The highest BCUT2D eigenvalue weighted by Gasteiger charge is 2.42. The van der Waals surface area contributed by atoms with Gasteiger partial charge in [0.2, 0.25) is 17.7 Å². The molecule has 6 nitrogen and oxygen atoms in total. The van der Waals surface area contributed by atoms with Gasteiger partial charge in [0, 0.05) is 32.0 Å². The molecule has 2 fully saturated rings. The minimum absolute atomic E-state index is 0.155. The fraction of sp³-hybridized carbons (Fsp3) is 0.500. The van der Waals surface area contributed by atoms with Crippen molar-refractivity contribution >= 4 is 11.9 Å². The second-order valence-corrected chi connectivity index (χ2v) is 8.33. The van der Waals surface area contributed by atoms with Crippen molar-refractivity contribution in [1.82, 2.24) is 14.9 Å². The minimum atomic E-state index is -0.310. The predicted molar refractivity (Wildman–Crippen MR) is 106 cm³/mol. The summed E-state index contributed by atoms with van der Waals surface area (Å²) in [6, 6.07) is 5.93. The molecule has 152 valence electrons. The number of nitrogens with zero attached hydrogens (tertiary/aromatic N) is 4. The number of amides is 1. The Balaban J connectivity index is 1.47. The number of carbonyl (C=O) groups is 1. The van der Waals surface area contributed by atoms with Crippen LogP contribution >= 0.6 is 0 Å². The molecule has 1 aliphatic carbocycles. The first-order valence-corrected chi connectivity index (χ1v) is 10.5. The summed E-state index contributed by atoms with van der Waals surface area (Å²) in [6.07, 6.45) is 3.95. The van der Waals surface area contributed by atoms with Crippen molar-refractivity contribution in [3.8, 4) is 11.6 Å². The lowest BCUT2D eigenvalue weighted by Gasteiger charge is -2.30. The quantitative estimate of drug-likeness (QED) is 0.791. The summed E-state index contributed by atoms with van der Waals surface area (Å²) in [6.45, 7) is 5.16. The highest BCUT2D eigenvalue weighted by atomic mass is 19.1. The number of aromatic nitrogens is 2. The lowest BCUT2D eigenvalue weighted by Crippen LogP contribution is -2.38. The van der Waals surface area contributed by atoms with Crippen LogP contribution in [0.3, 0.4) is 0 Å². The molecule has 29 heavy (non-hydrogen) atoms. The smallest absolute Gasteiger partial charge is 0.229 e. The molecule has 0 N–H and O–H groups in total. The summed E-state index contributed by atoms with van der Waals surface area (Å²) in [5.41, 5.74) is 1.82. The Morgan fingerprint density at radius 2 is 1.86 bits per heavy atom. The first kappa shape index (κ1) is 18.3. The maximum absolute atomic E-state index is 13.3. The van der Waals surface area contributed by atoms with Gasteiger partial charge in [-0.1, -0.05) is 6.92 Å². The predicted octanol–water partition coefficient (Wildman–Crippen LogP) is 3.55. The van der Waals surface area contributed by atoms with E-state index in [9.17, 15) is 9.18 Å². The average molecular weight is 396 g/mol. The van der Waals surface area contributed by atoms with Crippen molar-refractivity contribution in [3.05, 3.63) is 41.3 Å². The van der Waals surface area contributed by atoms with Crippen LogP contribution in [0.15, 0.2) is 24.3 Å². The van der Waals surface area contributed by atoms with Crippen LogP contribution in [-0.2, 0) is 17.8 Å². The van der Waals surface area contributed by atoms with Crippen LogP contribution in [0, 0.1) is 17.7 Å². The molecule has 1 amide bonds. The molecule has 2 aromatic rings. The Kier molecular flexibility index (Phi) is 4.60. The van der Waals surface area contributed by atoms with Crippen LogP contribution in [0.1, 0.15) is 37.4 Å². The second-order valence-electron chi connectivity index (χ2n) is 8.33. The van der Waals surface area contributed by atoms with Crippen molar-refractivity contribution in [2.45, 2.75) is 39.2 Å². The third-order valence-corrected chi connectivity index (χ3v) is 6.17. The van der Waals surface area contributed by atoms with Gasteiger partial charge in [-0.05, 0) is 49.4 Å². The molecule has 1 saturated heterocycles. The number of rotatable bonds is 4. The van der Waals surface area contributed by atoms with Gasteiger partial charge in [-0.15, -0.1) is 0 Å². The largest absolute Gasteiger partial charge is 0.438 e. The first-order valence-electron chi connectivity index (χ1n) is 10.5. The van der Waals surface area contributed by atoms with Gasteiger partial charge < -0.3 is 14.5 Å². The lowest BCUT2D eigenvalue weighted by atomic mass is 10.1. The topological polar surface area (TPSA) is 58.6 Å². The highest BCUT2D eigenvalue weighted by molar-refractivity contribution is 5.82. The van der Waals surface area contributed by atoms with E-state index in [1.165, 1.54) is 12.1 Å². The number of benzene rings is 1. The zero-order chi connectivity index (χ0) is 20.0. The normalized spacial score (nSPS) is 23.1. The van der Waals surface area contributed by atoms with Crippen molar-refractivity contribution in [2.24, 2.45) is 11.8 Å². The molecule has 1 aromatic heterocycles. The van der Waals surface area contributed by atoms with E-state index in [0.717, 1.165) is 43.6 Å². The number of carbonyl (C=O) groups excluding carboxylic acids is 1. The molecule has 7 heteroatoms. The van der Waals surface area contributed by atoms with E-state index in [1.54, 1.807) is 12.1 Å². The van der Waals surface area contributed by atoms with Gasteiger partial charge in [0.05, 0.1) is 17.8 Å². The fourth-order valence-electron chi connectivity index (χ4n) is 4.22. The summed E-state index contributed by atoms with van der Waals surface area (Å²) >= 11 is 0. The van der Waals surface area contributed by atoms with Gasteiger partial charge in [0.1, 0.15) is 11.6 Å². The zero-order valence-electron chi connectivity index (χ0n) is 16.6. The number of fused-ring (bicyclic) bond motifs is 1. The van der Waals surface area contributed by atoms with Crippen LogP contribution in [0.2, 0.25) is 0 Å². The van der Waals surface area contributed by atoms with Crippen LogP contribution in [-0.4, -0.2) is 40.4 Å². The summed E-state index contributed by atoms with van der Waals surface area (Å²) in [4.78, 5) is 26.4. The van der Waals surface area contributed by atoms with Gasteiger partial charge in [-0.25, -0.2) is 9.37 Å². The number of hydrogen-bond donors (Lipinski definition) is 0. The number of ether oxygens (including phenoxy) is 1. The molecule has 3 heterocycles. The maximum atomic E-state index is 13.3. The van der Waals surface area contributed by atoms with E-state index in [4.69, 9.17) is 14.7 Å². The van der Waals surface area contributed by atoms with Crippen LogP contribution in [0.4, 0.5) is 10.3 Å². The molecule has 0 unspecified atom stereocenters. The third-order valence-electron chi connectivity index (χ3n) is 6.17. The van der Waals surface area contributed by atoms with Crippen LogP contribution in [0.5, 0.6) is 11.6 Å². The van der Waals surface area contributed by atoms with E-state index >= 15 is 0 Å². The number of hydrogen-bond acceptors (Lipinski definition) is 5. The lowest BCUT2D eigenvalue weighted by molar-refractivity contribution is -0.133. The van der Waals surface area contributed by atoms with E-state index < -0.39 is 0 Å².